The molecule has 15 heavy (non-hydrogen) atoms. The van der Waals surface area contributed by atoms with Crippen LogP contribution in [0.1, 0.15) is 1.43 Å². The van der Waals surface area contributed by atoms with Crippen molar-refractivity contribution in [3.8, 4) is 0 Å². The van der Waals surface area contributed by atoms with Crippen molar-refractivity contribution in [2.75, 3.05) is 0 Å². The Morgan fingerprint density at radius 2 is 0.467 bits per heavy atom. The summed E-state index contributed by atoms with van der Waals surface area (Å²) in [6, 6.07) is 0. The first kappa shape index (κ1) is 191. The third-order valence-corrected chi connectivity index (χ3v) is 0. The predicted octanol–water partition coefficient (Wildman–Crippen LogP) is -13.2. The van der Waals surface area contributed by atoms with Gasteiger partial charge in [0, 0.05) is 0 Å². The minimum absolute atomic E-state index is 0. The molecule has 0 rings (SSSR count). The average Bonchev–Trinajstić information content (AvgIpc) is 0.811. The summed E-state index contributed by atoms with van der Waals surface area (Å²) in [5.41, 5.74) is 0. The summed E-state index contributed by atoms with van der Waals surface area (Å²) in [5.74, 6) is 0. The first-order valence-corrected chi connectivity index (χ1v) is 0.775. The topological polar surface area (TPSA) is 376 Å². The standard InChI is InChI=1S/BH3O3.Cs.10H2O.H/c2-1(3)4;;;;;;;;;;;;/h2-4H;;10*1H2;/q;+1;;;;;;;;;;;-1. The van der Waals surface area contributed by atoms with Gasteiger partial charge in [-0.25, -0.2) is 0 Å². The molecule has 0 radical (unpaired) electrons. The number of rotatable bonds is 0. The van der Waals surface area contributed by atoms with Gasteiger partial charge in [-0.2, -0.15) is 0 Å². The van der Waals surface area contributed by atoms with Crippen LogP contribution in [0.25, 0.3) is 0 Å². The molecule has 106 valence electrons. The molecule has 0 bridgehead atoms. The SMILES string of the molecule is O.O.O.O.O.O.O.O.O.O.OB(O)O.[Cs+].[H-]. The minimum atomic E-state index is -2.17. The second kappa shape index (κ2) is 157. The molecule has 0 unspecified atom stereocenters. The van der Waals surface area contributed by atoms with Gasteiger partial charge in [-0.3, -0.25) is 0 Å². The summed E-state index contributed by atoms with van der Waals surface area (Å²) in [6.45, 7) is 0. The fourth-order valence-corrected chi connectivity index (χ4v) is 0. The van der Waals surface area contributed by atoms with Crippen LogP contribution in [0.5, 0.6) is 0 Å². The Hall–Kier alpha value is 1.60. The minimum Gasteiger partial charge on any atom is -1.00 e. The van der Waals surface area contributed by atoms with Crippen molar-refractivity contribution < 1.29 is 140 Å². The molecular formula is H24BCsO13. The quantitative estimate of drug-likeness (QED) is 0.347. The first-order chi connectivity index (χ1) is 1.73. The summed E-state index contributed by atoms with van der Waals surface area (Å²) in [7, 11) is -2.17. The van der Waals surface area contributed by atoms with Gasteiger partial charge in [0.2, 0.25) is 0 Å². The Kier molecular flexibility index (Phi) is 2000. The zero-order valence-electron chi connectivity index (χ0n) is 8.92. The van der Waals surface area contributed by atoms with Gasteiger partial charge in [0.15, 0.2) is 0 Å². The molecule has 0 aromatic rings. The molecule has 0 aliphatic rings. The van der Waals surface area contributed by atoms with E-state index >= 15 is 0 Å². The van der Waals surface area contributed by atoms with E-state index in [9.17, 15) is 0 Å². The number of hydrogen-bond donors (Lipinski definition) is 3. The summed E-state index contributed by atoms with van der Waals surface area (Å²) >= 11 is 0. The van der Waals surface area contributed by atoms with Crippen LogP contribution in [0.15, 0.2) is 0 Å². The van der Waals surface area contributed by atoms with Crippen LogP contribution in [0.3, 0.4) is 0 Å². The van der Waals surface area contributed by atoms with Gasteiger partial charge in [0.25, 0.3) is 0 Å². The van der Waals surface area contributed by atoms with E-state index in [0.29, 0.717) is 0 Å². The molecule has 13 nitrogen and oxygen atoms in total. The van der Waals surface area contributed by atoms with Crippen LogP contribution in [0.2, 0.25) is 0 Å². The fraction of sp³-hybridized carbons (Fsp3) is 0. The number of hydrogen-bond acceptors (Lipinski definition) is 3. The van der Waals surface area contributed by atoms with E-state index in [1.165, 1.54) is 0 Å². The molecule has 0 saturated heterocycles. The third-order valence-electron chi connectivity index (χ3n) is 0. The molecule has 23 N–H and O–H groups in total. The van der Waals surface area contributed by atoms with Crippen molar-refractivity contribution in [1.82, 2.24) is 0 Å². The molecule has 0 saturated carbocycles. The van der Waals surface area contributed by atoms with Crippen molar-refractivity contribution in [2.24, 2.45) is 0 Å². The van der Waals surface area contributed by atoms with Crippen LogP contribution < -0.4 is 68.9 Å². The van der Waals surface area contributed by atoms with Gasteiger partial charge in [0.05, 0.1) is 0 Å². The fourth-order valence-electron chi connectivity index (χ4n) is 0. The van der Waals surface area contributed by atoms with Gasteiger partial charge >= 0.3 is 76.2 Å². The Morgan fingerprint density at radius 3 is 0.467 bits per heavy atom. The van der Waals surface area contributed by atoms with Crippen LogP contribution >= 0.6 is 0 Å². The molecule has 0 aliphatic heterocycles. The largest absolute Gasteiger partial charge is 1.00 e. The molecular weight excluding hydrogens is 352 g/mol. The average molecular weight is 376 g/mol. The third kappa shape index (κ3) is 1130. The summed E-state index contributed by atoms with van der Waals surface area (Å²) < 4.78 is 0. The van der Waals surface area contributed by atoms with Crippen molar-refractivity contribution in [3.63, 3.8) is 0 Å². The van der Waals surface area contributed by atoms with Crippen molar-refractivity contribution in [1.29, 1.82) is 0 Å². The zero-order valence-corrected chi connectivity index (χ0v) is 14.2. The molecule has 0 heterocycles. The Bertz CT molecular complexity index is 20.6. The van der Waals surface area contributed by atoms with Gasteiger partial charge in [-0.1, -0.05) is 0 Å². The van der Waals surface area contributed by atoms with E-state index in [4.69, 9.17) is 15.1 Å². The van der Waals surface area contributed by atoms with E-state index in [0.717, 1.165) is 0 Å². The molecule has 0 spiro atoms. The maximum absolute atomic E-state index is 7.17. The molecule has 0 atom stereocenters. The van der Waals surface area contributed by atoms with Crippen molar-refractivity contribution in [3.05, 3.63) is 0 Å². The van der Waals surface area contributed by atoms with Crippen LogP contribution in [-0.4, -0.2) is 77.2 Å². The first-order valence-electron chi connectivity index (χ1n) is 0.775. The Labute approximate surface area is 145 Å². The van der Waals surface area contributed by atoms with Gasteiger partial charge in [-0.05, 0) is 0 Å². The van der Waals surface area contributed by atoms with Crippen molar-refractivity contribution >= 4 is 7.32 Å². The van der Waals surface area contributed by atoms with E-state index in [1.54, 1.807) is 0 Å². The molecule has 0 amide bonds. The second-order valence-corrected chi connectivity index (χ2v) is 0.346. The van der Waals surface area contributed by atoms with E-state index < -0.39 is 7.32 Å². The summed E-state index contributed by atoms with van der Waals surface area (Å²) in [4.78, 5) is 0. The second-order valence-electron chi connectivity index (χ2n) is 0.346. The van der Waals surface area contributed by atoms with Crippen LogP contribution in [0, 0.1) is 0 Å². The maximum Gasteiger partial charge on any atom is 1.00 e. The molecule has 0 aromatic heterocycles. The van der Waals surface area contributed by atoms with Gasteiger partial charge in [0.1, 0.15) is 0 Å². The van der Waals surface area contributed by atoms with Crippen LogP contribution in [-0.2, 0) is 0 Å². The van der Waals surface area contributed by atoms with Crippen LogP contribution in [0.4, 0.5) is 0 Å². The van der Waals surface area contributed by atoms with Gasteiger partial charge in [-0.15, -0.1) is 0 Å². The zero-order chi connectivity index (χ0) is 3.58. The normalized spacial score (nSPS) is 1.80. The van der Waals surface area contributed by atoms with Gasteiger partial charge < -0.3 is 71.3 Å². The smallest absolute Gasteiger partial charge is 1.00 e. The Morgan fingerprint density at radius 1 is 0.467 bits per heavy atom. The Balaban J connectivity index is -0.000000000682. The van der Waals surface area contributed by atoms with Crippen molar-refractivity contribution in [2.45, 2.75) is 0 Å². The monoisotopic (exact) mass is 376 g/mol. The summed E-state index contributed by atoms with van der Waals surface area (Å²) in [6.07, 6.45) is 0. The van der Waals surface area contributed by atoms with E-state index in [1.807, 2.05) is 0 Å². The summed E-state index contributed by atoms with van der Waals surface area (Å²) in [5, 5.41) is 21.5. The molecule has 0 aromatic carbocycles. The molecule has 0 aliphatic carbocycles. The maximum atomic E-state index is 7.17. The molecule has 15 heteroatoms. The molecule has 0 fully saturated rings. The van der Waals surface area contributed by atoms with E-state index in [-0.39, 0.29) is 125 Å². The predicted molar refractivity (Wildman–Crippen MR) is 49.7 cm³/mol. The van der Waals surface area contributed by atoms with E-state index in [2.05, 4.69) is 0 Å².